The van der Waals surface area contributed by atoms with E-state index in [1.807, 2.05) is 6.92 Å². The summed E-state index contributed by atoms with van der Waals surface area (Å²) in [5.41, 5.74) is 1.51. The number of rotatable bonds is 4. The zero-order valence-electron chi connectivity index (χ0n) is 13.0. The van der Waals surface area contributed by atoms with Gasteiger partial charge < -0.3 is 4.74 Å². The van der Waals surface area contributed by atoms with E-state index in [0.29, 0.717) is 26.1 Å². The molecule has 24 heavy (non-hydrogen) atoms. The van der Waals surface area contributed by atoms with E-state index in [1.54, 1.807) is 31.2 Å². The maximum absolute atomic E-state index is 13.2. The summed E-state index contributed by atoms with van der Waals surface area (Å²) in [6.45, 7) is 3.51. The molecular formula is C17H14ClFN2O2S. The van der Waals surface area contributed by atoms with Crippen molar-refractivity contribution in [2.45, 2.75) is 20.0 Å². The van der Waals surface area contributed by atoms with Gasteiger partial charge in [0.1, 0.15) is 11.6 Å². The number of ether oxygens (including phenoxy) is 1. The third kappa shape index (κ3) is 3.66. The largest absolute Gasteiger partial charge is 0.481 e. The molecule has 0 aliphatic rings. The summed E-state index contributed by atoms with van der Waals surface area (Å²) in [6.07, 6.45) is -0.714. The normalized spacial score (nSPS) is 12.2. The smallest absolute Gasteiger partial charge is 0.266 e. The van der Waals surface area contributed by atoms with Crippen molar-refractivity contribution in [3.05, 3.63) is 52.8 Å². The Morgan fingerprint density at radius 1 is 1.33 bits per heavy atom. The number of benzene rings is 2. The summed E-state index contributed by atoms with van der Waals surface area (Å²) in [5.74, 6) is -0.105. The number of fused-ring (bicyclic) bond motifs is 1. The van der Waals surface area contributed by atoms with Crippen molar-refractivity contribution >= 4 is 44.2 Å². The van der Waals surface area contributed by atoms with Gasteiger partial charge >= 0.3 is 0 Å². The van der Waals surface area contributed by atoms with Crippen LogP contribution in [0, 0.1) is 12.7 Å². The van der Waals surface area contributed by atoms with Gasteiger partial charge in [-0.15, -0.1) is 0 Å². The molecule has 1 heterocycles. The first-order chi connectivity index (χ1) is 11.4. The number of aryl methyl sites for hydroxylation is 1. The number of carbonyl (C=O) groups excluding carboxylic acids is 1. The van der Waals surface area contributed by atoms with Crippen LogP contribution in [0.5, 0.6) is 5.75 Å². The van der Waals surface area contributed by atoms with Crippen LogP contribution >= 0.6 is 22.9 Å². The van der Waals surface area contributed by atoms with Crippen molar-refractivity contribution in [1.29, 1.82) is 0 Å². The van der Waals surface area contributed by atoms with Crippen molar-refractivity contribution < 1.29 is 13.9 Å². The molecule has 0 fully saturated rings. The highest BCUT2D eigenvalue weighted by atomic mass is 35.5. The van der Waals surface area contributed by atoms with Crippen LogP contribution in [0.25, 0.3) is 10.2 Å². The second kappa shape index (κ2) is 6.75. The Kier molecular flexibility index (Phi) is 4.69. The van der Waals surface area contributed by atoms with Gasteiger partial charge in [-0.25, -0.2) is 9.37 Å². The average molecular weight is 365 g/mol. The number of nitrogens with zero attached hydrogens (tertiary/aromatic N) is 1. The lowest BCUT2D eigenvalue weighted by Crippen LogP contribution is -2.30. The summed E-state index contributed by atoms with van der Waals surface area (Å²) in [7, 11) is 0. The van der Waals surface area contributed by atoms with Gasteiger partial charge in [-0.2, -0.15) is 0 Å². The van der Waals surface area contributed by atoms with Crippen molar-refractivity contribution in [1.82, 2.24) is 4.98 Å². The summed E-state index contributed by atoms with van der Waals surface area (Å²) in [5, 5.41) is 3.74. The van der Waals surface area contributed by atoms with Gasteiger partial charge in [0, 0.05) is 5.02 Å². The van der Waals surface area contributed by atoms with Gasteiger partial charge in [-0.1, -0.05) is 22.9 Å². The summed E-state index contributed by atoms with van der Waals surface area (Å²) < 4.78 is 19.5. The Hall–Kier alpha value is -2.18. The average Bonchev–Trinajstić information content (AvgIpc) is 2.92. The first-order valence-corrected chi connectivity index (χ1v) is 8.41. The zero-order chi connectivity index (χ0) is 17.3. The molecule has 1 aromatic heterocycles. The fourth-order valence-electron chi connectivity index (χ4n) is 2.11. The Labute approximate surface area is 147 Å². The van der Waals surface area contributed by atoms with E-state index in [2.05, 4.69) is 10.3 Å². The lowest BCUT2D eigenvalue weighted by molar-refractivity contribution is -0.122. The minimum absolute atomic E-state index is 0.331. The number of amides is 1. The van der Waals surface area contributed by atoms with E-state index in [4.69, 9.17) is 16.3 Å². The lowest BCUT2D eigenvalue weighted by Gasteiger charge is -2.14. The molecule has 1 unspecified atom stereocenters. The Balaban J connectivity index is 1.69. The summed E-state index contributed by atoms with van der Waals surface area (Å²) >= 11 is 7.18. The minimum Gasteiger partial charge on any atom is -0.481 e. The number of carbonyl (C=O) groups is 1. The van der Waals surface area contributed by atoms with Gasteiger partial charge in [-0.3, -0.25) is 10.1 Å². The summed E-state index contributed by atoms with van der Waals surface area (Å²) in [4.78, 5) is 16.5. The quantitative estimate of drug-likeness (QED) is 0.723. The van der Waals surface area contributed by atoms with E-state index < -0.39 is 6.10 Å². The molecule has 1 atom stereocenters. The van der Waals surface area contributed by atoms with Crippen LogP contribution in [0.4, 0.5) is 9.52 Å². The SMILES string of the molecule is Cc1cc(OC(C)C(=O)Nc2nc3ccc(F)cc3s2)ccc1Cl. The highest BCUT2D eigenvalue weighted by molar-refractivity contribution is 7.22. The topological polar surface area (TPSA) is 51.2 Å². The molecule has 0 saturated heterocycles. The Bertz CT molecular complexity index is 913. The predicted octanol–water partition coefficient (Wildman–Crippen LogP) is 4.80. The van der Waals surface area contributed by atoms with Crippen molar-refractivity contribution in [2.75, 3.05) is 5.32 Å². The first kappa shape index (κ1) is 16.7. The minimum atomic E-state index is -0.714. The van der Waals surface area contributed by atoms with Crippen LogP contribution in [-0.4, -0.2) is 17.0 Å². The van der Waals surface area contributed by atoms with E-state index in [9.17, 15) is 9.18 Å². The van der Waals surface area contributed by atoms with Crippen LogP contribution in [0.1, 0.15) is 12.5 Å². The summed E-state index contributed by atoms with van der Waals surface area (Å²) in [6, 6.07) is 9.50. The Morgan fingerprint density at radius 3 is 2.88 bits per heavy atom. The Morgan fingerprint density at radius 2 is 2.12 bits per heavy atom. The third-order valence-electron chi connectivity index (χ3n) is 3.39. The maximum atomic E-state index is 13.2. The van der Waals surface area contributed by atoms with Crippen molar-refractivity contribution in [3.63, 3.8) is 0 Å². The number of hydrogen-bond acceptors (Lipinski definition) is 4. The number of nitrogens with one attached hydrogen (secondary N) is 1. The van der Waals surface area contributed by atoms with Crippen LogP contribution in [0.3, 0.4) is 0 Å². The molecule has 1 amide bonds. The molecule has 3 rings (SSSR count). The number of aromatic nitrogens is 1. The molecule has 0 aliphatic carbocycles. The monoisotopic (exact) mass is 364 g/mol. The molecular weight excluding hydrogens is 351 g/mol. The first-order valence-electron chi connectivity index (χ1n) is 7.22. The van der Waals surface area contributed by atoms with E-state index in [1.165, 1.54) is 23.5 Å². The second-order valence-corrected chi connectivity index (χ2v) is 6.73. The molecule has 0 radical (unpaired) electrons. The van der Waals surface area contributed by atoms with Crippen LogP contribution < -0.4 is 10.1 Å². The second-order valence-electron chi connectivity index (χ2n) is 5.29. The lowest BCUT2D eigenvalue weighted by atomic mass is 10.2. The standard InChI is InChI=1S/C17H14ClFN2O2S/c1-9-7-12(4-5-13(9)18)23-10(2)16(22)21-17-20-14-6-3-11(19)8-15(14)24-17/h3-8,10H,1-2H3,(H,20,21,22). The number of thiazole rings is 1. The maximum Gasteiger partial charge on any atom is 0.266 e. The van der Waals surface area contributed by atoms with Crippen molar-refractivity contribution in [2.24, 2.45) is 0 Å². The van der Waals surface area contributed by atoms with Gasteiger partial charge in [0.25, 0.3) is 5.91 Å². The zero-order valence-corrected chi connectivity index (χ0v) is 14.5. The van der Waals surface area contributed by atoms with Gasteiger partial charge in [0.05, 0.1) is 10.2 Å². The van der Waals surface area contributed by atoms with E-state index in [-0.39, 0.29) is 11.7 Å². The molecule has 1 N–H and O–H groups in total. The van der Waals surface area contributed by atoms with Crippen LogP contribution in [-0.2, 0) is 4.79 Å². The molecule has 0 saturated carbocycles. The van der Waals surface area contributed by atoms with Crippen LogP contribution in [0.2, 0.25) is 5.02 Å². The van der Waals surface area contributed by atoms with Crippen molar-refractivity contribution in [3.8, 4) is 5.75 Å². The molecule has 0 bridgehead atoms. The van der Waals surface area contributed by atoms with Gasteiger partial charge in [0.15, 0.2) is 11.2 Å². The predicted molar refractivity (Wildman–Crippen MR) is 94.5 cm³/mol. The molecule has 124 valence electrons. The fourth-order valence-corrected chi connectivity index (χ4v) is 3.12. The highest BCUT2D eigenvalue weighted by Gasteiger charge is 2.17. The van der Waals surface area contributed by atoms with E-state index in [0.717, 1.165) is 5.56 Å². The molecule has 4 nitrogen and oxygen atoms in total. The number of halogens is 2. The third-order valence-corrected chi connectivity index (χ3v) is 4.75. The van der Waals surface area contributed by atoms with Gasteiger partial charge in [-0.05, 0) is 55.8 Å². The van der Waals surface area contributed by atoms with E-state index >= 15 is 0 Å². The molecule has 2 aromatic carbocycles. The molecule has 3 aromatic rings. The molecule has 0 spiro atoms. The number of anilines is 1. The molecule has 7 heteroatoms. The van der Waals surface area contributed by atoms with Gasteiger partial charge in [0.2, 0.25) is 0 Å². The molecule has 0 aliphatic heterocycles. The fraction of sp³-hybridized carbons (Fsp3) is 0.176. The number of hydrogen-bond donors (Lipinski definition) is 1. The highest BCUT2D eigenvalue weighted by Crippen LogP contribution is 2.27. The van der Waals surface area contributed by atoms with Crippen LogP contribution in [0.15, 0.2) is 36.4 Å².